The molecule has 108 valence electrons. The molecule has 22 heavy (non-hydrogen) atoms. The molecule has 1 aliphatic carbocycles. The Balaban J connectivity index is 2.20. The molecule has 0 aliphatic heterocycles. The van der Waals surface area contributed by atoms with Crippen LogP contribution in [-0.2, 0) is 5.41 Å². The fraction of sp³-hybridized carbons (Fsp3) is 0.143. The Bertz CT molecular complexity index is 1040. The topological polar surface area (TPSA) is 0 Å². The molecule has 4 rings (SSSR count). The van der Waals surface area contributed by atoms with Gasteiger partial charge in [0.1, 0.15) is 0 Å². The van der Waals surface area contributed by atoms with Gasteiger partial charge in [-0.05, 0) is 45.5 Å². The van der Waals surface area contributed by atoms with Crippen LogP contribution in [0.15, 0.2) is 66.7 Å². The molecule has 1 heteroatoms. The highest BCUT2D eigenvalue weighted by molar-refractivity contribution is 6.30. The number of rotatable bonds is 1. The highest BCUT2D eigenvalue weighted by Crippen LogP contribution is 2.52. The Kier molecular flexibility index (Phi) is 1.84. The van der Waals surface area contributed by atoms with E-state index in [4.69, 9.17) is 19.8 Å². The third-order valence-corrected chi connectivity index (χ3v) is 4.44. The van der Waals surface area contributed by atoms with E-state index in [0.717, 1.165) is 11.1 Å². The van der Waals surface area contributed by atoms with Crippen LogP contribution in [0.5, 0.6) is 0 Å². The smallest absolute Gasteiger partial charge is 0.0409 e. The summed E-state index contributed by atoms with van der Waals surface area (Å²) in [5, 5.41) is 0.311. The van der Waals surface area contributed by atoms with E-state index in [1.807, 2.05) is 36.4 Å². The van der Waals surface area contributed by atoms with Gasteiger partial charge in [-0.1, -0.05) is 79.9 Å². The van der Waals surface area contributed by atoms with Crippen LogP contribution in [0, 0.1) is 0 Å². The summed E-state index contributed by atoms with van der Waals surface area (Å²) < 4.78 is 49.6. The van der Waals surface area contributed by atoms with Gasteiger partial charge in [0.25, 0.3) is 0 Å². The van der Waals surface area contributed by atoms with Gasteiger partial charge in [-0.25, -0.2) is 0 Å². The van der Waals surface area contributed by atoms with Gasteiger partial charge in [0, 0.05) is 18.7 Å². The lowest BCUT2D eigenvalue weighted by Crippen LogP contribution is -2.14. The standard InChI is InChI=1S/C21H17Cl/c1-21(2)18-10-6-9-16(14-7-4-3-5-8-14)20(18)17-12-11-15(22)13-19(17)21/h3-13H,1-2H3/i1D3,2D3. The Morgan fingerprint density at radius 3 is 2.41 bits per heavy atom. The van der Waals surface area contributed by atoms with E-state index >= 15 is 0 Å². The van der Waals surface area contributed by atoms with Gasteiger partial charge in [-0.15, -0.1) is 0 Å². The molecule has 0 unspecified atom stereocenters. The molecule has 3 aromatic carbocycles. The molecule has 0 nitrogen and oxygen atoms in total. The van der Waals surface area contributed by atoms with Gasteiger partial charge >= 0.3 is 0 Å². The SMILES string of the molecule is [2H]C([2H])([2H])C1(C([2H])([2H])[2H])c2cc(Cl)ccc2-c2c(-c3ccccc3)cccc21. The van der Waals surface area contributed by atoms with E-state index in [-0.39, 0.29) is 5.56 Å². The van der Waals surface area contributed by atoms with Crippen molar-refractivity contribution in [1.82, 2.24) is 0 Å². The van der Waals surface area contributed by atoms with Crippen molar-refractivity contribution in [2.75, 3.05) is 0 Å². The van der Waals surface area contributed by atoms with E-state index in [0.29, 0.717) is 21.7 Å². The lowest BCUT2D eigenvalue weighted by atomic mass is 9.82. The summed E-state index contributed by atoms with van der Waals surface area (Å²) in [5.74, 6) is 0. The van der Waals surface area contributed by atoms with Gasteiger partial charge in [-0.2, -0.15) is 0 Å². The molecule has 0 radical (unpaired) electrons. The maximum atomic E-state index is 8.27. The second-order valence-corrected chi connectivity index (χ2v) is 5.97. The van der Waals surface area contributed by atoms with E-state index in [9.17, 15) is 0 Å². The number of hydrogen-bond donors (Lipinski definition) is 0. The van der Waals surface area contributed by atoms with Crippen LogP contribution in [0.1, 0.15) is 33.1 Å². The summed E-state index contributed by atoms with van der Waals surface area (Å²) in [4.78, 5) is 0. The molecule has 0 fully saturated rings. The Morgan fingerprint density at radius 1 is 0.818 bits per heavy atom. The van der Waals surface area contributed by atoms with Gasteiger partial charge in [0.15, 0.2) is 0 Å². The van der Waals surface area contributed by atoms with Crippen molar-refractivity contribution in [2.24, 2.45) is 0 Å². The Labute approximate surface area is 144 Å². The van der Waals surface area contributed by atoms with Crippen molar-refractivity contribution >= 4 is 11.6 Å². The van der Waals surface area contributed by atoms with Crippen LogP contribution in [0.3, 0.4) is 0 Å². The third kappa shape index (κ3) is 1.84. The van der Waals surface area contributed by atoms with Crippen LogP contribution in [0.4, 0.5) is 0 Å². The summed E-state index contributed by atoms with van der Waals surface area (Å²) in [6.07, 6.45) is 0. The second-order valence-electron chi connectivity index (χ2n) is 5.53. The summed E-state index contributed by atoms with van der Waals surface area (Å²) >= 11 is 6.18. The molecule has 0 N–H and O–H groups in total. The third-order valence-electron chi connectivity index (χ3n) is 4.21. The zero-order valence-corrected chi connectivity index (χ0v) is 12.5. The first-order valence-corrected chi connectivity index (χ1v) is 7.46. The van der Waals surface area contributed by atoms with Crippen molar-refractivity contribution in [2.45, 2.75) is 19.1 Å². The number of benzene rings is 3. The highest BCUT2D eigenvalue weighted by atomic mass is 35.5. The minimum Gasteiger partial charge on any atom is -0.0843 e. The van der Waals surface area contributed by atoms with Crippen molar-refractivity contribution in [3.63, 3.8) is 0 Å². The second kappa shape index (κ2) is 4.72. The van der Waals surface area contributed by atoms with Crippen LogP contribution in [0.25, 0.3) is 22.3 Å². The van der Waals surface area contributed by atoms with E-state index in [2.05, 4.69) is 0 Å². The minimum absolute atomic E-state index is 0.235. The van der Waals surface area contributed by atoms with Crippen molar-refractivity contribution in [1.29, 1.82) is 0 Å². The molecule has 0 atom stereocenters. The molecule has 0 spiro atoms. The largest absolute Gasteiger partial charge is 0.0843 e. The lowest BCUT2D eigenvalue weighted by Gasteiger charge is -2.21. The predicted molar refractivity (Wildman–Crippen MR) is 94.5 cm³/mol. The van der Waals surface area contributed by atoms with Crippen molar-refractivity contribution in [3.8, 4) is 22.3 Å². The van der Waals surface area contributed by atoms with Crippen molar-refractivity contribution < 1.29 is 8.22 Å². The first kappa shape index (κ1) is 8.55. The number of halogens is 1. The number of fused-ring (bicyclic) bond motifs is 3. The lowest BCUT2D eigenvalue weighted by molar-refractivity contribution is 0.660. The molecule has 3 aromatic rings. The average Bonchev–Trinajstić information content (AvgIpc) is 2.92. The Hall–Kier alpha value is -2.05. The summed E-state index contributed by atoms with van der Waals surface area (Å²) in [7, 11) is 0. The molecule has 1 aliphatic rings. The molecule has 0 saturated carbocycles. The zero-order valence-electron chi connectivity index (χ0n) is 17.7. The average molecular weight is 311 g/mol. The Morgan fingerprint density at radius 2 is 1.64 bits per heavy atom. The molecule has 0 bridgehead atoms. The minimum atomic E-state index is -2.79. The summed E-state index contributed by atoms with van der Waals surface area (Å²) in [5.41, 5.74) is 1.34. The first-order chi connectivity index (χ1) is 13.1. The summed E-state index contributed by atoms with van der Waals surface area (Å²) in [6.45, 7) is -5.59. The molecule has 0 heterocycles. The first-order valence-electron chi connectivity index (χ1n) is 10.1. The fourth-order valence-electron chi connectivity index (χ4n) is 3.20. The van der Waals surface area contributed by atoms with Gasteiger partial charge in [-0.3, -0.25) is 0 Å². The van der Waals surface area contributed by atoms with Crippen LogP contribution >= 0.6 is 11.6 Å². The van der Waals surface area contributed by atoms with E-state index < -0.39 is 19.1 Å². The molecule has 0 saturated heterocycles. The maximum Gasteiger partial charge on any atom is 0.0409 e. The molecular formula is C21H17Cl. The van der Waals surface area contributed by atoms with E-state index in [1.165, 1.54) is 6.07 Å². The quantitative estimate of drug-likeness (QED) is 0.494. The van der Waals surface area contributed by atoms with Gasteiger partial charge in [0.05, 0.1) is 0 Å². The van der Waals surface area contributed by atoms with Crippen molar-refractivity contribution in [3.05, 3.63) is 82.9 Å². The van der Waals surface area contributed by atoms with Gasteiger partial charge in [0.2, 0.25) is 0 Å². The maximum absolute atomic E-state index is 8.27. The molecule has 0 amide bonds. The normalized spacial score (nSPS) is 19.7. The molecule has 0 aromatic heterocycles. The van der Waals surface area contributed by atoms with Crippen LogP contribution in [0.2, 0.25) is 5.02 Å². The zero-order chi connectivity index (χ0) is 20.3. The van der Waals surface area contributed by atoms with E-state index in [1.54, 1.807) is 24.3 Å². The van der Waals surface area contributed by atoms with Gasteiger partial charge < -0.3 is 0 Å². The molecular weight excluding hydrogens is 288 g/mol. The summed E-state index contributed by atoms with van der Waals surface area (Å²) in [6, 6.07) is 19.7. The van der Waals surface area contributed by atoms with Crippen LogP contribution in [-0.4, -0.2) is 0 Å². The van der Waals surface area contributed by atoms with Crippen LogP contribution < -0.4 is 0 Å². The monoisotopic (exact) mass is 310 g/mol. The highest BCUT2D eigenvalue weighted by Gasteiger charge is 2.36. The predicted octanol–water partition coefficient (Wildman–Crippen LogP) is 6.31. The number of hydrogen-bond acceptors (Lipinski definition) is 0. The fourth-order valence-corrected chi connectivity index (χ4v) is 3.38.